The molecule has 3 N–H and O–H groups in total. The molecule has 116 valence electrons. The molecule has 1 aliphatic carbocycles. The molecule has 4 heteroatoms. The van der Waals surface area contributed by atoms with Crippen molar-refractivity contribution in [1.29, 1.82) is 0 Å². The summed E-state index contributed by atoms with van der Waals surface area (Å²) in [4.78, 5) is 12.7. The van der Waals surface area contributed by atoms with Gasteiger partial charge in [0.05, 0.1) is 5.41 Å². The second-order valence-corrected chi connectivity index (χ2v) is 6.75. The molecule has 1 unspecified atom stereocenters. The fraction of sp³-hybridized carbons (Fsp3) is 0.588. The van der Waals surface area contributed by atoms with E-state index in [0.717, 1.165) is 49.1 Å². The number of rotatable bonds is 6. The fourth-order valence-corrected chi connectivity index (χ4v) is 3.39. The summed E-state index contributed by atoms with van der Waals surface area (Å²) in [5.41, 5.74) is 6.62. The summed E-state index contributed by atoms with van der Waals surface area (Å²) < 4.78 is 0. The van der Waals surface area contributed by atoms with Crippen LogP contribution < -0.4 is 11.1 Å². The van der Waals surface area contributed by atoms with Crippen LogP contribution in [0.15, 0.2) is 24.3 Å². The largest absolute Gasteiger partial charge is 0.356 e. The van der Waals surface area contributed by atoms with Crippen LogP contribution in [0.5, 0.6) is 0 Å². The Hall–Kier alpha value is -1.06. The molecule has 0 aliphatic heterocycles. The third kappa shape index (κ3) is 4.45. The number of amides is 1. The van der Waals surface area contributed by atoms with Crippen LogP contribution in [0, 0.1) is 5.41 Å². The van der Waals surface area contributed by atoms with Gasteiger partial charge in [-0.1, -0.05) is 36.6 Å². The smallest absolute Gasteiger partial charge is 0.226 e. The number of hydrogen-bond donors (Lipinski definition) is 2. The lowest BCUT2D eigenvalue weighted by Crippen LogP contribution is -2.42. The van der Waals surface area contributed by atoms with Crippen molar-refractivity contribution in [1.82, 2.24) is 5.32 Å². The van der Waals surface area contributed by atoms with Gasteiger partial charge in [-0.05, 0) is 50.3 Å². The highest BCUT2D eigenvalue weighted by Crippen LogP contribution is 2.41. The van der Waals surface area contributed by atoms with Gasteiger partial charge in [0.1, 0.15) is 0 Å². The number of carbonyl (C=O) groups is 1. The predicted octanol–water partition coefficient (Wildman–Crippen LogP) is 3.30. The minimum absolute atomic E-state index is 0.123. The van der Waals surface area contributed by atoms with E-state index in [2.05, 4.69) is 11.4 Å². The van der Waals surface area contributed by atoms with E-state index in [4.69, 9.17) is 17.3 Å². The van der Waals surface area contributed by atoms with E-state index < -0.39 is 0 Å². The summed E-state index contributed by atoms with van der Waals surface area (Å²) in [5.74, 6) is 0.181. The third-order valence-corrected chi connectivity index (χ3v) is 4.59. The first-order chi connectivity index (χ1) is 10.0. The van der Waals surface area contributed by atoms with Crippen molar-refractivity contribution in [2.45, 2.75) is 51.5 Å². The van der Waals surface area contributed by atoms with E-state index in [-0.39, 0.29) is 17.4 Å². The molecule has 21 heavy (non-hydrogen) atoms. The van der Waals surface area contributed by atoms with Crippen LogP contribution in [-0.2, 0) is 11.2 Å². The lowest BCUT2D eigenvalue weighted by atomic mass is 9.79. The molecule has 0 bridgehead atoms. The van der Waals surface area contributed by atoms with Crippen molar-refractivity contribution >= 4 is 17.5 Å². The van der Waals surface area contributed by atoms with Crippen molar-refractivity contribution in [3.8, 4) is 0 Å². The van der Waals surface area contributed by atoms with Crippen molar-refractivity contribution in [3.63, 3.8) is 0 Å². The minimum atomic E-state index is -0.261. The molecule has 0 saturated heterocycles. The lowest BCUT2D eigenvalue weighted by molar-refractivity contribution is -0.130. The standard InChI is InChI=1S/C17H25ClN2O/c1-13(19)7-10-20-16(21)17(8-2-3-9-17)12-14-5-4-6-15(18)11-14/h4-6,11,13H,2-3,7-10,12,19H2,1H3,(H,20,21). The van der Waals surface area contributed by atoms with Crippen molar-refractivity contribution < 1.29 is 4.79 Å². The number of hydrogen-bond acceptors (Lipinski definition) is 2. The van der Waals surface area contributed by atoms with E-state index in [1.54, 1.807) is 0 Å². The molecular formula is C17H25ClN2O. The Labute approximate surface area is 132 Å². The number of nitrogens with one attached hydrogen (secondary N) is 1. The van der Waals surface area contributed by atoms with Crippen LogP contribution in [0.4, 0.5) is 0 Å². The molecule has 1 aliphatic rings. The summed E-state index contributed by atoms with van der Waals surface area (Å²) >= 11 is 6.06. The average Bonchev–Trinajstić information content (AvgIpc) is 2.88. The van der Waals surface area contributed by atoms with E-state index in [9.17, 15) is 4.79 Å². The third-order valence-electron chi connectivity index (χ3n) is 4.36. The van der Waals surface area contributed by atoms with Crippen LogP contribution >= 0.6 is 11.6 Å². The van der Waals surface area contributed by atoms with E-state index in [1.807, 2.05) is 25.1 Å². The maximum atomic E-state index is 12.7. The van der Waals surface area contributed by atoms with Crippen LogP contribution in [0.2, 0.25) is 5.02 Å². The van der Waals surface area contributed by atoms with Crippen molar-refractivity contribution in [3.05, 3.63) is 34.9 Å². The van der Waals surface area contributed by atoms with Gasteiger partial charge in [0.25, 0.3) is 0 Å². The first kappa shape index (κ1) is 16.3. The van der Waals surface area contributed by atoms with Gasteiger partial charge in [-0.2, -0.15) is 0 Å². The minimum Gasteiger partial charge on any atom is -0.356 e. The molecule has 0 aromatic heterocycles. The molecular weight excluding hydrogens is 284 g/mol. The summed E-state index contributed by atoms with van der Waals surface area (Å²) in [7, 11) is 0. The molecule has 3 nitrogen and oxygen atoms in total. The molecule has 1 saturated carbocycles. The van der Waals surface area contributed by atoms with Gasteiger partial charge in [0, 0.05) is 17.6 Å². The first-order valence-electron chi connectivity index (χ1n) is 7.80. The molecule has 0 spiro atoms. The average molecular weight is 309 g/mol. The highest BCUT2D eigenvalue weighted by atomic mass is 35.5. The Morgan fingerprint density at radius 2 is 2.14 bits per heavy atom. The summed E-state index contributed by atoms with van der Waals surface area (Å²) in [6, 6.07) is 7.97. The van der Waals surface area contributed by atoms with Crippen LogP contribution in [0.25, 0.3) is 0 Å². The Morgan fingerprint density at radius 1 is 1.43 bits per heavy atom. The topological polar surface area (TPSA) is 55.1 Å². The Bertz CT molecular complexity index is 481. The Balaban J connectivity index is 2.04. The van der Waals surface area contributed by atoms with Gasteiger partial charge >= 0.3 is 0 Å². The second-order valence-electron chi connectivity index (χ2n) is 6.32. The van der Waals surface area contributed by atoms with E-state index >= 15 is 0 Å². The monoisotopic (exact) mass is 308 g/mol. The summed E-state index contributed by atoms with van der Waals surface area (Å²) in [5, 5.41) is 3.81. The number of benzene rings is 1. The van der Waals surface area contributed by atoms with Crippen LogP contribution in [-0.4, -0.2) is 18.5 Å². The predicted molar refractivity (Wildman–Crippen MR) is 87.3 cm³/mol. The molecule has 2 rings (SSSR count). The fourth-order valence-electron chi connectivity index (χ4n) is 3.17. The van der Waals surface area contributed by atoms with Gasteiger partial charge in [0.2, 0.25) is 5.91 Å². The Morgan fingerprint density at radius 3 is 2.76 bits per heavy atom. The molecule has 0 radical (unpaired) electrons. The van der Waals surface area contributed by atoms with Gasteiger partial charge in [0.15, 0.2) is 0 Å². The summed E-state index contributed by atoms with van der Waals surface area (Å²) in [6.07, 6.45) is 5.77. The molecule has 1 atom stereocenters. The van der Waals surface area contributed by atoms with E-state index in [1.165, 1.54) is 0 Å². The zero-order valence-corrected chi connectivity index (χ0v) is 13.5. The quantitative estimate of drug-likeness (QED) is 0.847. The zero-order chi connectivity index (χ0) is 15.3. The lowest BCUT2D eigenvalue weighted by Gasteiger charge is -2.28. The second kappa shape index (κ2) is 7.28. The van der Waals surface area contributed by atoms with Gasteiger partial charge in [-0.3, -0.25) is 4.79 Å². The van der Waals surface area contributed by atoms with Gasteiger partial charge < -0.3 is 11.1 Å². The molecule has 1 amide bonds. The molecule has 1 fully saturated rings. The number of carbonyl (C=O) groups excluding carboxylic acids is 1. The van der Waals surface area contributed by atoms with Crippen molar-refractivity contribution in [2.24, 2.45) is 11.1 Å². The maximum absolute atomic E-state index is 12.7. The number of halogens is 1. The Kier molecular flexibility index (Phi) is 5.65. The molecule has 1 aromatic carbocycles. The summed E-state index contributed by atoms with van der Waals surface area (Å²) in [6.45, 7) is 2.62. The zero-order valence-electron chi connectivity index (χ0n) is 12.7. The van der Waals surface area contributed by atoms with Crippen LogP contribution in [0.1, 0.15) is 44.6 Å². The highest BCUT2D eigenvalue weighted by molar-refractivity contribution is 6.30. The van der Waals surface area contributed by atoms with Crippen molar-refractivity contribution in [2.75, 3.05) is 6.54 Å². The molecule has 0 heterocycles. The normalized spacial score (nSPS) is 18.4. The SMILES string of the molecule is CC(N)CCNC(=O)C1(Cc2cccc(Cl)c2)CCCC1. The van der Waals surface area contributed by atoms with Gasteiger partial charge in [-0.25, -0.2) is 0 Å². The van der Waals surface area contributed by atoms with Gasteiger partial charge in [-0.15, -0.1) is 0 Å². The highest BCUT2D eigenvalue weighted by Gasteiger charge is 2.40. The van der Waals surface area contributed by atoms with E-state index in [0.29, 0.717) is 6.54 Å². The maximum Gasteiger partial charge on any atom is 0.226 e. The first-order valence-corrected chi connectivity index (χ1v) is 8.18. The number of nitrogens with two attached hydrogens (primary N) is 1. The molecule has 1 aromatic rings. The van der Waals surface area contributed by atoms with Crippen LogP contribution in [0.3, 0.4) is 0 Å².